The van der Waals surface area contributed by atoms with Crippen LogP contribution in [0.3, 0.4) is 0 Å². The minimum Gasteiger partial charge on any atom is -0.443 e. The van der Waals surface area contributed by atoms with Gasteiger partial charge in [0, 0.05) is 6.04 Å². The monoisotopic (exact) mass is 230 g/mol. The molecule has 3 N–H and O–H groups in total. The highest BCUT2D eigenvalue weighted by atomic mass is 16.6. The zero-order valence-corrected chi connectivity index (χ0v) is 10.2. The van der Waals surface area contributed by atoms with Crippen molar-refractivity contribution in [2.75, 3.05) is 0 Å². The second kappa shape index (κ2) is 5.50. The van der Waals surface area contributed by atoms with Crippen LogP contribution in [0.15, 0.2) is 0 Å². The normalized spacial score (nSPS) is 26.2. The minimum atomic E-state index is -0.488. The van der Waals surface area contributed by atoms with Gasteiger partial charge in [0.1, 0.15) is 5.60 Å². The number of hydrazine groups is 1. The molecule has 0 aromatic rings. The second-order valence-corrected chi connectivity index (χ2v) is 5.29. The Balaban J connectivity index is 2.21. The fraction of sp³-hybridized carbons (Fsp3) is 0.909. The van der Waals surface area contributed by atoms with Gasteiger partial charge in [-0.2, -0.15) is 0 Å². The van der Waals surface area contributed by atoms with E-state index in [0.717, 1.165) is 19.3 Å². The molecule has 1 fully saturated rings. The fourth-order valence-electron chi connectivity index (χ4n) is 1.76. The average Bonchev–Trinajstić information content (AvgIpc) is 2.12. The molecule has 0 unspecified atom stereocenters. The van der Waals surface area contributed by atoms with Crippen molar-refractivity contribution in [3.63, 3.8) is 0 Å². The number of carbonyl (C=O) groups excluding carboxylic acids is 1. The first-order chi connectivity index (χ1) is 7.37. The van der Waals surface area contributed by atoms with Crippen molar-refractivity contribution in [2.24, 2.45) is 0 Å². The number of amides is 1. The molecular weight excluding hydrogens is 208 g/mol. The Labute approximate surface area is 96.5 Å². The zero-order chi connectivity index (χ0) is 12.2. The molecule has 5 nitrogen and oxygen atoms in total. The van der Waals surface area contributed by atoms with Gasteiger partial charge >= 0.3 is 6.09 Å². The van der Waals surface area contributed by atoms with Crippen LogP contribution in [0.1, 0.15) is 46.5 Å². The molecule has 1 amide bonds. The molecule has 0 saturated heterocycles. The van der Waals surface area contributed by atoms with Crippen molar-refractivity contribution in [1.82, 2.24) is 10.9 Å². The standard InChI is InChI=1S/C11H22N2O3/c1-11(2,3)16-10(15)13-12-8-5-4-6-9(14)7-8/h8-9,12,14H,4-7H2,1-3H3,(H,13,15)/t8-,9+/m1/s1. The Morgan fingerprint density at radius 1 is 1.38 bits per heavy atom. The Morgan fingerprint density at radius 3 is 2.62 bits per heavy atom. The molecule has 0 heterocycles. The predicted octanol–water partition coefficient (Wildman–Crippen LogP) is 1.32. The number of hydrogen-bond donors (Lipinski definition) is 3. The molecule has 0 bridgehead atoms. The van der Waals surface area contributed by atoms with Crippen molar-refractivity contribution in [3.8, 4) is 0 Å². The van der Waals surface area contributed by atoms with Gasteiger partial charge in [0.25, 0.3) is 0 Å². The number of carbonyl (C=O) groups is 1. The molecule has 16 heavy (non-hydrogen) atoms. The third-order valence-corrected chi connectivity index (χ3v) is 2.42. The van der Waals surface area contributed by atoms with Crippen LogP contribution < -0.4 is 10.9 Å². The average molecular weight is 230 g/mol. The number of aliphatic hydroxyl groups is 1. The van der Waals surface area contributed by atoms with Crippen LogP contribution in [0.25, 0.3) is 0 Å². The van der Waals surface area contributed by atoms with Crippen LogP contribution in [0, 0.1) is 0 Å². The first kappa shape index (κ1) is 13.3. The largest absolute Gasteiger partial charge is 0.443 e. The van der Waals surface area contributed by atoms with E-state index in [0.29, 0.717) is 6.42 Å². The molecule has 0 aromatic carbocycles. The molecule has 1 aliphatic carbocycles. The van der Waals surface area contributed by atoms with Crippen molar-refractivity contribution >= 4 is 6.09 Å². The van der Waals surface area contributed by atoms with Gasteiger partial charge in [-0.3, -0.25) is 5.43 Å². The van der Waals surface area contributed by atoms with Gasteiger partial charge in [-0.15, -0.1) is 0 Å². The fourth-order valence-corrected chi connectivity index (χ4v) is 1.76. The van der Waals surface area contributed by atoms with Gasteiger partial charge in [0.2, 0.25) is 0 Å². The van der Waals surface area contributed by atoms with Crippen molar-refractivity contribution < 1.29 is 14.6 Å². The first-order valence-corrected chi connectivity index (χ1v) is 5.79. The lowest BCUT2D eigenvalue weighted by Gasteiger charge is -2.27. The summed E-state index contributed by atoms with van der Waals surface area (Å²) >= 11 is 0. The molecule has 0 aromatic heterocycles. The van der Waals surface area contributed by atoms with Crippen LogP contribution in [0.4, 0.5) is 4.79 Å². The minimum absolute atomic E-state index is 0.135. The van der Waals surface area contributed by atoms with E-state index >= 15 is 0 Å². The topological polar surface area (TPSA) is 70.6 Å². The van der Waals surface area contributed by atoms with Gasteiger partial charge in [0.05, 0.1) is 6.10 Å². The van der Waals surface area contributed by atoms with E-state index in [-0.39, 0.29) is 12.1 Å². The summed E-state index contributed by atoms with van der Waals surface area (Å²) in [6, 6.07) is 0.135. The van der Waals surface area contributed by atoms with E-state index < -0.39 is 11.7 Å². The van der Waals surface area contributed by atoms with Crippen molar-refractivity contribution in [3.05, 3.63) is 0 Å². The summed E-state index contributed by atoms with van der Waals surface area (Å²) in [6.07, 6.45) is 2.74. The van der Waals surface area contributed by atoms with Gasteiger partial charge in [-0.25, -0.2) is 10.2 Å². The number of nitrogens with one attached hydrogen (secondary N) is 2. The van der Waals surface area contributed by atoms with Gasteiger partial charge in [0.15, 0.2) is 0 Å². The van der Waals surface area contributed by atoms with E-state index in [1.807, 2.05) is 20.8 Å². The third kappa shape index (κ3) is 5.32. The maximum Gasteiger partial charge on any atom is 0.422 e. The van der Waals surface area contributed by atoms with Crippen molar-refractivity contribution in [1.29, 1.82) is 0 Å². The molecule has 2 atom stereocenters. The summed E-state index contributed by atoms with van der Waals surface area (Å²) in [7, 11) is 0. The summed E-state index contributed by atoms with van der Waals surface area (Å²) in [5, 5.41) is 9.45. The molecule has 0 aliphatic heterocycles. The Bertz CT molecular complexity index is 238. The molecule has 1 aliphatic rings. The van der Waals surface area contributed by atoms with E-state index in [1.165, 1.54) is 0 Å². The smallest absolute Gasteiger partial charge is 0.422 e. The number of ether oxygens (including phenoxy) is 1. The summed E-state index contributed by atoms with van der Waals surface area (Å²) in [5.74, 6) is 0. The lowest BCUT2D eigenvalue weighted by Crippen LogP contribution is -2.48. The van der Waals surface area contributed by atoms with E-state index in [2.05, 4.69) is 10.9 Å². The van der Waals surface area contributed by atoms with Gasteiger partial charge in [-0.1, -0.05) is 0 Å². The maximum atomic E-state index is 11.3. The van der Waals surface area contributed by atoms with Crippen LogP contribution in [-0.2, 0) is 4.74 Å². The maximum absolute atomic E-state index is 11.3. The Morgan fingerprint density at radius 2 is 2.06 bits per heavy atom. The van der Waals surface area contributed by atoms with E-state index in [1.54, 1.807) is 0 Å². The number of hydrogen-bond acceptors (Lipinski definition) is 4. The van der Waals surface area contributed by atoms with Gasteiger partial charge < -0.3 is 9.84 Å². The highest BCUT2D eigenvalue weighted by Crippen LogP contribution is 2.17. The molecule has 5 heteroatoms. The molecule has 1 rings (SSSR count). The van der Waals surface area contributed by atoms with Gasteiger partial charge in [-0.05, 0) is 46.5 Å². The summed E-state index contributed by atoms with van der Waals surface area (Å²) < 4.78 is 5.08. The summed E-state index contributed by atoms with van der Waals surface area (Å²) in [5.41, 5.74) is 4.91. The lowest BCUT2D eigenvalue weighted by molar-refractivity contribution is 0.0457. The zero-order valence-electron chi connectivity index (χ0n) is 10.2. The first-order valence-electron chi connectivity index (χ1n) is 5.79. The third-order valence-electron chi connectivity index (χ3n) is 2.42. The Kier molecular flexibility index (Phi) is 4.56. The van der Waals surface area contributed by atoms with E-state index in [4.69, 9.17) is 4.74 Å². The van der Waals surface area contributed by atoms with E-state index in [9.17, 15) is 9.90 Å². The molecular formula is C11H22N2O3. The SMILES string of the molecule is CC(C)(C)OC(=O)NN[C@@H]1CCC[C@H](O)C1. The van der Waals surface area contributed by atoms with Crippen LogP contribution in [0.2, 0.25) is 0 Å². The lowest BCUT2D eigenvalue weighted by atomic mass is 9.94. The molecule has 0 radical (unpaired) electrons. The van der Waals surface area contributed by atoms with Crippen LogP contribution in [-0.4, -0.2) is 28.9 Å². The van der Waals surface area contributed by atoms with Crippen molar-refractivity contribution in [2.45, 2.75) is 64.2 Å². The van der Waals surface area contributed by atoms with Crippen LogP contribution >= 0.6 is 0 Å². The second-order valence-electron chi connectivity index (χ2n) is 5.29. The quantitative estimate of drug-likeness (QED) is 0.626. The number of aliphatic hydroxyl groups excluding tert-OH is 1. The molecule has 1 saturated carbocycles. The highest BCUT2D eigenvalue weighted by Gasteiger charge is 2.21. The molecule has 94 valence electrons. The summed E-state index contributed by atoms with van der Waals surface area (Å²) in [6.45, 7) is 5.45. The summed E-state index contributed by atoms with van der Waals surface area (Å²) in [4.78, 5) is 11.3. The Hall–Kier alpha value is -0.810. The molecule has 0 spiro atoms. The van der Waals surface area contributed by atoms with Crippen LogP contribution in [0.5, 0.6) is 0 Å². The predicted molar refractivity (Wildman–Crippen MR) is 60.8 cm³/mol. The number of rotatable bonds is 2. The highest BCUT2D eigenvalue weighted by molar-refractivity contribution is 5.67.